The fourth-order valence-corrected chi connectivity index (χ4v) is 5.61. The third kappa shape index (κ3) is 3.06. The Labute approximate surface area is 127 Å². The lowest BCUT2D eigenvalue weighted by Gasteiger charge is -2.17. The fraction of sp³-hybridized carbons (Fsp3) is 0.0526. The Morgan fingerprint density at radius 1 is 0.571 bits per heavy atom. The van der Waals surface area contributed by atoms with Gasteiger partial charge in [0.25, 0.3) is 0 Å². The van der Waals surface area contributed by atoms with Gasteiger partial charge in [0.15, 0.2) is 0 Å². The van der Waals surface area contributed by atoms with Crippen LogP contribution >= 0.6 is 0 Å². The smallest absolute Gasteiger partial charge is 0.132 e. The van der Waals surface area contributed by atoms with Crippen LogP contribution in [0.3, 0.4) is 0 Å². The van der Waals surface area contributed by atoms with Crippen LogP contribution in [0.15, 0.2) is 84.9 Å². The highest BCUT2D eigenvalue weighted by Gasteiger charge is 2.18. The quantitative estimate of drug-likeness (QED) is 0.527. The van der Waals surface area contributed by atoms with Gasteiger partial charge in [-0.25, -0.2) is 0 Å². The lowest BCUT2D eigenvalue weighted by Crippen LogP contribution is -2.51. The molecular formula is C19H18OSi. The Kier molecular flexibility index (Phi) is 4.17. The van der Waals surface area contributed by atoms with Crippen LogP contribution in [0.4, 0.5) is 0 Å². The Balaban J connectivity index is 2.07. The minimum atomic E-state index is -1.40. The van der Waals surface area contributed by atoms with E-state index in [1.807, 2.05) is 0 Å². The summed E-state index contributed by atoms with van der Waals surface area (Å²) in [4.78, 5) is 0. The van der Waals surface area contributed by atoms with Gasteiger partial charge in [-0.3, -0.25) is 0 Å². The first-order valence-electron chi connectivity index (χ1n) is 7.12. The minimum Gasteiger partial charge on any atom is -0.497 e. The first-order valence-corrected chi connectivity index (χ1v) is 8.85. The standard InChI is InChI=1S/C19H18OSi/c1-20-16-12-14-19(15-13-16)21(17-8-4-2-5-9-17)18-10-6-3-7-11-18/h2-15,21H,1H3. The molecule has 0 fully saturated rings. The van der Waals surface area contributed by atoms with Crippen molar-refractivity contribution in [2.75, 3.05) is 7.11 Å². The summed E-state index contributed by atoms with van der Waals surface area (Å²) in [5.41, 5.74) is 0. The molecule has 104 valence electrons. The van der Waals surface area contributed by atoms with Crippen molar-refractivity contribution in [2.24, 2.45) is 0 Å². The molecule has 2 heteroatoms. The number of hydrogen-bond donors (Lipinski definition) is 0. The predicted molar refractivity (Wildman–Crippen MR) is 91.9 cm³/mol. The summed E-state index contributed by atoms with van der Waals surface area (Å²) in [5, 5.41) is 4.29. The zero-order valence-electron chi connectivity index (χ0n) is 12.1. The number of rotatable bonds is 4. The fourth-order valence-electron chi connectivity index (χ4n) is 2.66. The van der Waals surface area contributed by atoms with Crippen LogP contribution in [-0.4, -0.2) is 15.9 Å². The molecule has 0 saturated carbocycles. The van der Waals surface area contributed by atoms with Gasteiger partial charge in [0.1, 0.15) is 14.5 Å². The van der Waals surface area contributed by atoms with E-state index in [9.17, 15) is 0 Å². The van der Waals surface area contributed by atoms with Gasteiger partial charge in [0, 0.05) is 0 Å². The lowest BCUT2D eigenvalue weighted by molar-refractivity contribution is 0.415. The van der Waals surface area contributed by atoms with E-state index in [-0.39, 0.29) is 0 Å². The molecule has 3 aromatic carbocycles. The molecule has 0 N–H and O–H groups in total. The van der Waals surface area contributed by atoms with Crippen molar-refractivity contribution in [3.63, 3.8) is 0 Å². The van der Waals surface area contributed by atoms with Crippen LogP contribution in [0.1, 0.15) is 0 Å². The van der Waals surface area contributed by atoms with E-state index in [2.05, 4.69) is 84.9 Å². The Morgan fingerprint density at radius 2 is 1.00 bits per heavy atom. The average molecular weight is 290 g/mol. The average Bonchev–Trinajstić information content (AvgIpc) is 2.58. The Bertz CT molecular complexity index is 638. The molecule has 0 amide bonds. The second-order valence-electron chi connectivity index (χ2n) is 5.03. The highest BCUT2D eigenvalue weighted by Crippen LogP contribution is 2.06. The van der Waals surface area contributed by atoms with Crippen molar-refractivity contribution in [3.8, 4) is 5.75 Å². The molecule has 0 aromatic heterocycles. The molecule has 0 aliphatic rings. The summed E-state index contributed by atoms with van der Waals surface area (Å²) in [6.07, 6.45) is 0. The number of methoxy groups -OCH3 is 1. The van der Waals surface area contributed by atoms with Gasteiger partial charge in [-0.2, -0.15) is 0 Å². The number of benzene rings is 3. The molecule has 21 heavy (non-hydrogen) atoms. The number of ether oxygens (including phenoxy) is 1. The summed E-state index contributed by atoms with van der Waals surface area (Å²) in [7, 11) is 0.311. The maximum absolute atomic E-state index is 5.28. The highest BCUT2D eigenvalue weighted by molar-refractivity contribution is 6.95. The molecule has 0 radical (unpaired) electrons. The SMILES string of the molecule is COc1ccc([SiH](c2ccccc2)c2ccccc2)cc1. The third-order valence-corrected chi connectivity index (χ3v) is 6.87. The second kappa shape index (κ2) is 6.42. The van der Waals surface area contributed by atoms with Crippen molar-refractivity contribution in [1.29, 1.82) is 0 Å². The molecule has 0 bridgehead atoms. The van der Waals surface area contributed by atoms with Crippen molar-refractivity contribution in [3.05, 3.63) is 84.9 Å². The molecule has 0 unspecified atom stereocenters. The monoisotopic (exact) mass is 290 g/mol. The second-order valence-corrected chi connectivity index (χ2v) is 7.89. The van der Waals surface area contributed by atoms with Gasteiger partial charge in [-0.15, -0.1) is 0 Å². The Hall–Kier alpha value is -2.32. The van der Waals surface area contributed by atoms with Crippen molar-refractivity contribution < 1.29 is 4.74 Å². The Morgan fingerprint density at radius 3 is 1.43 bits per heavy atom. The minimum absolute atomic E-state index is 0.910. The largest absolute Gasteiger partial charge is 0.497 e. The maximum Gasteiger partial charge on any atom is 0.132 e. The zero-order valence-corrected chi connectivity index (χ0v) is 13.2. The normalized spacial score (nSPS) is 10.6. The molecule has 0 heterocycles. The summed E-state index contributed by atoms with van der Waals surface area (Å²) in [5.74, 6) is 0.910. The summed E-state index contributed by atoms with van der Waals surface area (Å²) in [6.45, 7) is 0. The predicted octanol–water partition coefficient (Wildman–Crippen LogP) is 1.94. The highest BCUT2D eigenvalue weighted by atomic mass is 28.3. The van der Waals surface area contributed by atoms with Crippen molar-refractivity contribution in [1.82, 2.24) is 0 Å². The van der Waals surface area contributed by atoms with Gasteiger partial charge in [0.05, 0.1) is 7.11 Å². The maximum atomic E-state index is 5.28. The molecule has 3 rings (SSSR count). The van der Waals surface area contributed by atoms with Gasteiger partial charge < -0.3 is 4.74 Å². The lowest BCUT2D eigenvalue weighted by atomic mass is 10.3. The molecule has 3 aromatic rings. The van der Waals surface area contributed by atoms with Crippen LogP contribution in [-0.2, 0) is 0 Å². The molecule has 0 saturated heterocycles. The van der Waals surface area contributed by atoms with Crippen LogP contribution in [0.5, 0.6) is 5.75 Å². The van der Waals surface area contributed by atoms with Crippen molar-refractivity contribution in [2.45, 2.75) is 0 Å². The zero-order chi connectivity index (χ0) is 14.5. The van der Waals surface area contributed by atoms with E-state index in [1.165, 1.54) is 15.6 Å². The van der Waals surface area contributed by atoms with E-state index >= 15 is 0 Å². The van der Waals surface area contributed by atoms with E-state index in [0.29, 0.717) is 0 Å². The summed E-state index contributed by atoms with van der Waals surface area (Å²) in [6, 6.07) is 30.2. The summed E-state index contributed by atoms with van der Waals surface area (Å²) >= 11 is 0. The molecule has 0 aliphatic heterocycles. The molecule has 0 aliphatic carbocycles. The van der Waals surface area contributed by atoms with Crippen molar-refractivity contribution >= 4 is 24.4 Å². The van der Waals surface area contributed by atoms with Gasteiger partial charge in [-0.1, -0.05) is 88.4 Å². The molecule has 0 atom stereocenters. The van der Waals surface area contributed by atoms with E-state index in [1.54, 1.807) is 7.11 Å². The van der Waals surface area contributed by atoms with Crippen LogP contribution in [0, 0.1) is 0 Å². The van der Waals surface area contributed by atoms with Gasteiger partial charge in [0.2, 0.25) is 0 Å². The van der Waals surface area contributed by atoms with Crippen LogP contribution in [0.2, 0.25) is 0 Å². The van der Waals surface area contributed by atoms with Crippen LogP contribution in [0.25, 0.3) is 0 Å². The molecule has 0 spiro atoms. The van der Waals surface area contributed by atoms with E-state index < -0.39 is 8.80 Å². The topological polar surface area (TPSA) is 9.23 Å². The third-order valence-electron chi connectivity index (χ3n) is 3.71. The van der Waals surface area contributed by atoms with Gasteiger partial charge >= 0.3 is 0 Å². The summed E-state index contributed by atoms with van der Waals surface area (Å²) < 4.78 is 5.28. The van der Waals surface area contributed by atoms with Crippen LogP contribution < -0.4 is 20.3 Å². The van der Waals surface area contributed by atoms with Gasteiger partial charge in [-0.05, 0) is 12.1 Å². The first-order chi connectivity index (χ1) is 10.4. The number of hydrogen-bond acceptors (Lipinski definition) is 1. The van der Waals surface area contributed by atoms with E-state index in [4.69, 9.17) is 4.74 Å². The molecule has 1 nitrogen and oxygen atoms in total. The molecular weight excluding hydrogens is 272 g/mol. The first kappa shape index (κ1) is 13.7. The van der Waals surface area contributed by atoms with E-state index in [0.717, 1.165) is 5.75 Å².